The molecule has 0 saturated carbocycles. The number of aryl methyl sites for hydroxylation is 3. The first kappa shape index (κ1) is 16.6. The summed E-state index contributed by atoms with van der Waals surface area (Å²) in [5.41, 5.74) is 5.99. The van der Waals surface area contributed by atoms with Crippen molar-refractivity contribution in [1.82, 2.24) is 9.55 Å². The molecule has 136 valence electrons. The lowest BCUT2D eigenvalue weighted by atomic mass is 9.83. The van der Waals surface area contributed by atoms with E-state index >= 15 is 0 Å². The van der Waals surface area contributed by atoms with E-state index in [4.69, 9.17) is 0 Å². The summed E-state index contributed by atoms with van der Waals surface area (Å²) in [7, 11) is 0. The van der Waals surface area contributed by atoms with Gasteiger partial charge in [0, 0.05) is 34.1 Å². The Hall–Kier alpha value is -3.53. The van der Waals surface area contributed by atoms with Crippen LogP contribution >= 0.6 is 0 Å². The summed E-state index contributed by atoms with van der Waals surface area (Å²) in [6.07, 6.45) is 1.93. The van der Waals surface area contributed by atoms with Crippen LogP contribution in [0.5, 0.6) is 0 Å². The molecule has 4 nitrogen and oxygen atoms in total. The molecule has 0 amide bonds. The Morgan fingerprint density at radius 3 is 2.14 bits per heavy atom. The largest absolute Gasteiger partial charge is 0.316 e. The highest BCUT2D eigenvalue weighted by atomic mass is 16.1. The molecule has 2 aromatic carbocycles. The summed E-state index contributed by atoms with van der Waals surface area (Å²) in [5.74, 6) is -0.320. The smallest absolute Gasteiger partial charge is 0.212 e. The normalized spacial score (nSPS) is 13.0. The van der Waals surface area contributed by atoms with Crippen molar-refractivity contribution >= 4 is 22.5 Å². The van der Waals surface area contributed by atoms with Gasteiger partial charge in [0.2, 0.25) is 5.78 Å². The Morgan fingerprint density at radius 2 is 1.46 bits per heavy atom. The Balaban J connectivity index is 1.89. The summed E-state index contributed by atoms with van der Waals surface area (Å²) >= 11 is 0. The van der Waals surface area contributed by atoms with Crippen LogP contribution in [0.15, 0.2) is 54.7 Å². The lowest BCUT2D eigenvalue weighted by molar-refractivity contribution is 0.0976. The van der Waals surface area contributed by atoms with Crippen LogP contribution in [0.3, 0.4) is 0 Å². The number of aromatic nitrogens is 2. The Labute approximate surface area is 162 Å². The minimum atomic E-state index is -0.182. The molecule has 0 atom stereocenters. The van der Waals surface area contributed by atoms with Crippen molar-refractivity contribution in [3.63, 3.8) is 0 Å². The predicted octanol–water partition coefficient (Wildman–Crippen LogP) is 4.73. The average molecular weight is 366 g/mol. The number of carbonyl (C=O) groups excluding carboxylic acids is 2. The van der Waals surface area contributed by atoms with Gasteiger partial charge in [0.05, 0.1) is 11.1 Å². The molecule has 0 radical (unpaired) electrons. The second kappa shape index (κ2) is 5.73. The first-order valence-corrected chi connectivity index (χ1v) is 9.25. The number of benzene rings is 2. The van der Waals surface area contributed by atoms with Crippen LogP contribution in [0.25, 0.3) is 16.6 Å². The molecule has 0 N–H and O–H groups in total. The molecule has 0 aliphatic heterocycles. The van der Waals surface area contributed by atoms with E-state index in [0.29, 0.717) is 16.7 Å². The number of hydrogen-bond donors (Lipinski definition) is 0. The van der Waals surface area contributed by atoms with E-state index in [9.17, 15) is 9.59 Å². The number of fused-ring (bicyclic) bond motifs is 4. The van der Waals surface area contributed by atoms with Gasteiger partial charge in [-0.1, -0.05) is 18.2 Å². The highest BCUT2D eigenvalue weighted by Crippen LogP contribution is 2.35. The molecule has 2 heterocycles. The fourth-order valence-electron chi connectivity index (χ4n) is 4.01. The van der Waals surface area contributed by atoms with Crippen LogP contribution < -0.4 is 0 Å². The molecule has 28 heavy (non-hydrogen) atoms. The molecule has 4 heteroatoms. The SMILES string of the molecule is Cc1cc2c(cc1C)C(=O)c1c(nc(C)c3ccn(-c4ccccc4)c13)C2=O. The quantitative estimate of drug-likeness (QED) is 0.431. The van der Waals surface area contributed by atoms with E-state index in [1.165, 1.54) is 0 Å². The van der Waals surface area contributed by atoms with Crippen LogP contribution in [-0.2, 0) is 0 Å². The first-order chi connectivity index (χ1) is 13.5. The van der Waals surface area contributed by atoms with E-state index in [0.717, 1.165) is 33.4 Å². The maximum atomic E-state index is 13.5. The van der Waals surface area contributed by atoms with E-state index in [1.807, 2.05) is 80.1 Å². The summed E-state index contributed by atoms with van der Waals surface area (Å²) < 4.78 is 1.97. The lowest BCUT2D eigenvalue weighted by Gasteiger charge is -2.21. The Morgan fingerprint density at radius 1 is 0.821 bits per heavy atom. The molecule has 2 aromatic heterocycles. The third kappa shape index (κ3) is 2.15. The minimum absolute atomic E-state index is 0.138. The molecule has 0 saturated heterocycles. The van der Waals surface area contributed by atoms with Gasteiger partial charge in [0.25, 0.3) is 0 Å². The molecular weight excluding hydrogens is 348 g/mol. The zero-order chi connectivity index (χ0) is 19.6. The topological polar surface area (TPSA) is 52.0 Å². The van der Waals surface area contributed by atoms with Gasteiger partial charge in [0.15, 0.2) is 5.78 Å². The molecular formula is C24H18N2O2. The summed E-state index contributed by atoms with van der Waals surface area (Å²) in [4.78, 5) is 31.3. The lowest BCUT2D eigenvalue weighted by Crippen LogP contribution is -2.24. The van der Waals surface area contributed by atoms with E-state index in [-0.39, 0.29) is 17.3 Å². The van der Waals surface area contributed by atoms with Crippen molar-refractivity contribution in [1.29, 1.82) is 0 Å². The van der Waals surface area contributed by atoms with Crippen LogP contribution in [0.4, 0.5) is 0 Å². The molecule has 0 bridgehead atoms. The van der Waals surface area contributed by atoms with Crippen molar-refractivity contribution < 1.29 is 9.59 Å². The molecule has 0 fully saturated rings. The van der Waals surface area contributed by atoms with Crippen molar-refractivity contribution in [3.8, 4) is 5.69 Å². The number of ketones is 2. The van der Waals surface area contributed by atoms with Gasteiger partial charge in [0.1, 0.15) is 5.69 Å². The maximum absolute atomic E-state index is 13.5. The summed E-state index contributed by atoms with van der Waals surface area (Å²) in [5, 5.41) is 0.885. The number of hydrogen-bond acceptors (Lipinski definition) is 3. The number of pyridine rings is 1. The zero-order valence-corrected chi connectivity index (χ0v) is 15.9. The van der Waals surface area contributed by atoms with Crippen LogP contribution in [0.1, 0.15) is 48.8 Å². The number of rotatable bonds is 1. The highest BCUT2D eigenvalue weighted by Gasteiger charge is 2.34. The number of carbonyl (C=O) groups is 2. The molecule has 5 rings (SSSR count). The van der Waals surface area contributed by atoms with Crippen LogP contribution in [0.2, 0.25) is 0 Å². The van der Waals surface area contributed by atoms with Crippen molar-refractivity contribution in [2.75, 3.05) is 0 Å². The molecule has 1 aliphatic carbocycles. The second-order valence-electron chi connectivity index (χ2n) is 7.34. The molecule has 0 spiro atoms. The van der Waals surface area contributed by atoms with Gasteiger partial charge in [-0.15, -0.1) is 0 Å². The van der Waals surface area contributed by atoms with Gasteiger partial charge in [-0.2, -0.15) is 0 Å². The standard InChI is InChI=1S/C24H18N2O2/c1-13-11-18-19(12-14(13)2)24(28)21-20(23(18)27)22-17(15(3)25-21)9-10-26(22)16-7-5-4-6-8-16/h4-12H,1-3H3. The van der Waals surface area contributed by atoms with Crippen LogP contribution in [0, 0.1) is 20.8 Å². The fourth-order valence-corrected chi connectivity index (χ4v) is 4.01. The fraction of sp³-hybridized carbons (Fsp3) is 0.125. The third-order valence-electron chi connectivity index (χ3n) is 5.63. The van der Waals surface area contributed by atoms with E-state index in [1.54, 1.807) is 0 Å². The number of nitrogens with zero attached hydrogens (tertiary/aromatic N) is 2. The monoisotopic (exact) mass is 366 g/mol. The third-order valence-corrected chi connectivity index (χ3v) is 5.63. The summed E-state index contributed by atoms with van der Waals surface area (Å²) in [6.45, 7) is 5.79. The maximum Gasteiger partial charge on any atom is 0.212 e. The average Bonchev–Trinajstić information content (AvgIpc) is 3.14. The van der Waals surface area contributed by atoms with Crippen molar-refractivity contribution in [2.45, 2.75) is 20.8 Å². The molecule has 4 aromatic rings. The second-order valence-corrected chi connectivity index (χ2v) is 7.34. The van der Waals surface area contributed by atoms with Crippen LogP contribution in [-0.4, -0.2) is 21.1 Å². The summed E-state index contributed by atoms with van der Waals surface area (Å²) in [6, 6.07) is 15.4. The van der Waals surface area contributed by atoms with E-state index in [2.05, 4.69) is 4.98 Å². The van der Waals surface area contributed by atoms with Gasteiger partial charge in [-0.3, -0.25) is 9.59 Å². The van der Waals surface area contributed by atoms with Gasteiger partial charge in [-0.25, -0.2) is 4.98 Å². The number of para-hydroxylation sites is 1. The predicted molar refractivity (Wildman–Crippen MR) is 109 cm³/mol. The van der Waals surface area contributed by atoms with Gasteiger partial charge in [-0.05, 0) is 62.2 Å². The first-order valence-electron chi connectivity index (χ1n) is 9.25. The minimum Gasteiger partial charge on any atom is -0.316 e. The van der Waals surface area contributed by atoms with Gasteiger partial charge >= 0.3 is 0 Å². The zero-order valence-electron chi connectivity index (χ0n) is 15.9. The van der Waals surface area contributed by atoms with Crippen molar-refractivity contribution in [2.24, 2.45) is 0 Å². The molecule has 0 unspecified atom stereocenters. The van der Waals surface area contributed by atoms with E-state index < -0.39 is 0 Å². The van der Waals surface area contributed by atoms with Crippen molar-refractivity contribution in [3.05, 3.63) is 93.9 Å². The van der Waals surface area contributed by atoms with Gasteiger partial charge < -0.3 is 4.57 Å². The Kier molecular flexibility index (Phi) is 3.40. The molecule has 1 aliphatic rings. The highest BCUT2D eigenvalue weighted by molar-refractivity contribution is 6.31. The Bertz CT molecular complexity index is 1310.